The van der Waals surface area contributed by atoms with Gasteiger partial charge in [0, 0.05) is 59.1 Å². The van der Waals surface area contributed by atoms with Crippen molar-refractivity contribution in [2.45, 2.75) is 32.4 Å². The molecule has 4 aromatic rings. The molecule has 1 aromatic heterocycles. The molecule has 10 nitrogen and oxygen atoms in total. The van der Waals surface area contributed by atoms with Crippen molar-refractivity contribution < 1.29 is 19.1 Å². The molecule has 4 amide bonds. The van der Waals surface area contributed by atoms with Crippen molar-refractivity contribution >= 4 is 63.3 Å². The van der Waals surface area contributed by atoms with Gasteiger partial charge < -0.3 is 30.1 Å². The number of hydrogen-bond acceptors (Lipinski definition) is 6. The number of aryl methyl sites for hydroxylation is 1. The Morgan fingerprint density at radius 2 is 1.72 bits per heavy atom. The van der Waals surface area contributed by atoms with Crippen LogP contribution in [0.5, 0.6) is 5.75 Å². The van der Waals surface area contributed by atoms with Crippen LogP contribution in [0.3, 0.4) is 0 Å². The second-order valence-corrected chi connectivity index (χ2v) is 12.5. The third-order valence-electron chi connectivity index (χ3n) is 8.35. The lowest BCUT2D eigenvalue weighted by molar-refractivity contribution is -0.117. The first-order valence-electron chi connectivity index (χ1n) is 15.3. The summed E-state index contributed by atoms with van der Waals surface area (Å²) < 4.78 is 6.10. The SMILES string of the molecule is Cc1ccc2cccc(OCc3c(Cl)ccc(N(C)C(=O)CNC(=O)Nc4cccc(C(=O)N5CCC(N(C)C)CC5)c4)c3Cl)c2n1. The largest absolute Gasteiger partial charge is 0.487 e. The molecule has 0 atom stereocenters. The number of anilines is 2. The Morgan fingerprint density at radius 1 is 0.979 bits per heavy atom. The predicted molar refractivity (Wildman–Crippen MR) is 187 cm³/mol. The summed E-state index contributed by atoms with van der Waals surface area (Å²) in [4.78, 5) is 48.9. The molecule has 1 aliphatic rings. The van der Waals surface area contributed by atoms with Crippen LogP contribution < -0.4 is 20.3 Å². The number of fused-ring (bicyclic) bond motifs is 1. The van der Waals surface area contributed by atoms with E-state index in [-0.39, 0.29) is 24.1 Å². The molecule has 0 spiro atoms. The van der Waals surface area contributed by atoms with Crippen molar-refractivity contribution in [3.63, 3.8) is 0 Å². The highest BCUT2D eigenvalue weighted by atomic mass is 35.5. The van der Waals surface area contributed by atoms with Crippen molar-refractivity contribution in [1.29, 1.82) is 0 Å². The Balaban J connectivity index is 1.17. The van der Waals surface area contributed by atoms with E-state index in [0.717, 1.165) is 29.4 Å². The summed E-state index contributed by atoms with van der Waals surface area (Å²) in [5, 5.41) is 6.88. The molecule has 2 N–H and O–H groups in total. The molecule has 0 radical (unpaired) electrons. The zero-order valence-corrected chi connectivity index (χ0v) is 28.4. The zero-order chi connectivity index (χ0) is 33.7. The standard InChI is InChI=1S/C35H38Cl2N6O4/c1-22-11-12-23-7-6-10-30(33(23)39-22)47-21-27-28(36)13-14-29(32(27)37)42(4)31(44)20-38-35(46)40-25-9-5-8-24(19-25)34(45)43-17-15-26(16-18-43)41(2)3/h5-14,19,26H,15-18,20-21H2,1-4H3,(H2,38,40,46). The number of pyridine rings is 1. The first-order valence-corrected chi connectivity index (χ1v) is 16.1. The lowest BCUT2D eigenvalue weighted by Gasteiger charge is -2.35. The van der Waals surface area contributed by atoms with Gasteiger partial charge in [0.2, 0.25) is 5.91 Å². The van der Waals surface area contributed by atoms with Gasteiger partial charge in [-0.15, -0.1) is 0 Å². The molecule has 3 aromatic carbocycles. The first kappa shape index (κ1) is 34.0. The quantitative estimate of drug-likeness (QED) is 0.213. The Morgan fingerprint density at radius 3 is 2.47 bits per heavy atom. The van der Waals surface area contributed by atoms with E-state index in [1.807, 2.05) is 42.2 Å². The number of likely N-dealkylation sites (tertiary alicyclic amines) is 1. The number of halogens is 2. The van der Waals surface area contributed by atoms with Crippen molar-refractivity contribution in [1.82, 2.24) is 20.1 Å². The van der Waals surface area contributed by atoms with Gasteiger partial charge in [0.1, 0.15) is 17.9 Å². The van der Waals surface area contributed by atoms with E-state index >= 15 is 0 Å². The van der Waals surface area contributed by atoms with Crippen LogP contribution in [0, 0.1) is 6.92 Å². The smallest absolute Gasteiger partial charge is 0.319 e. The number of amides is 4. The average molecular weight is 678 g/mol. The van der Waals surface area contributed by atoms with E-state index in [1.54, 1.807) is 43.4 Å². The summed E-state index contributed by atoms with van der Waals surface area (Å²) in [5.41, 5.74) is 3.45. The van der Waals surface area contributed by atoms with Crippen LogP contribution in [0.25, 0.3) is 10.9 Å². The van der Waals surface area contributed by atoms with Crippen molar-refractivity contribution in [2.24, 2.45) is 0 Å². The monoisotopic (exact) mass is 676 g/mol. The molecule has 1 fully saturated rings. The molecule has 2 heterocycles. The normalized spacial score (nSPS) is 13.5. The van der Waals surface area contributed by atoms with Crippen LogP contribution in [-0.4, -0.2) is 79.4 Å². The Labute approximate surface area is 284 Å². The molecular formula is C35H38Cl2N6O4. The number of piperidine rings is 1. The number of hydrogen-bond donors (Lipinski definition) is 2. The van der Waals surface area contributed by atoms with E-state index in [1.165, 1.54) is 4.90 Å². The van der Waals surface area contributed by atoms with Gasteiger partial charge in [0.25, 0.3) is 5.91 Å². The minimum atomic E-state index is -0.585. The lowest BCUT2D eigenvalue weighted by Crippen LogP contribution is -2.44. The van der Waals surface area contributed by atoms with Gasteiger partial charge in [0.15, 0.2) is 0 Å². The molecule has 246 valence electrons. The number of rotatable bonds is 9. The maximum Gasteiger partial charge on any atom is 0.319 e. The molecule has 0 aliphatic carbocycles. The van der Waals surface area contributed by atoms with Gasteiger partial charge >= 0.3 is 6.03 Å². The van der Waals surface area contributed by atoms with Crippen LogP contribution in [0.2, 0.25) is 10.0 Å². The molecule has 12 heteroatoms. The topological polar surface area (TPSA) is 107 Å². The van der Waals surface area contributed by atoms with E-state index in [2.05, 4.69) is 34.6 Å². The van der Waals surface area contributed by atoms with Crippen LogP contribution in [0.1, 0.15) is 34.5 Å². The van der Waals surface area contributed by atoms with Gasteiger partial charge in [-0.25, -0.2) is 9.78 Å². The van der Waals surface area contributed by atoms with Crippen LogP contribution in [-0.2, 0) is 11.4 Å². The minimum absolute atomic E-state index is 0.0544. The van der Waals surface area contributed by atoms with Crippen molar-refractivity contribution in [3.05, 3.63) is 93.6 Å². The van der Waals surface area contributed by atoms with E-state index in [4.69, 9.17) is 27.9 Å². The van der Waals surface area contributed by atoms with Gasteiger partial charge in [-0.2, -0.15) is 0 Å². The summed E-state index contributed by atoms with van der Waals surface area (Å²) in [6.07, 6.45) is 1.83. The van der Waals surface area contributed by atoms with Crippen molar-refractivity contribution in [3.8, 4) is 5.75 Å². The minimum Gasteiger partial charge on any atom is -0.487 e. The molecule has 1 aliphatic heterocycles. The number of urea groups is 1. The molecular weight excluding hydrogens is 639 g/mol. The molecule has 0 unspecified atom stereocenters. The van der Waals surface area contributed by atoms with Crippen LogP contribution in [0.4, 0.5) is 16.2 Å². The van der Waals surface area contributed by atoms with Crippen molar-refractivity contribution in [2.75, 3.05) is 51.0 Å². The lowest BCUT2D eigenvalue weighted by atomic mass is 10.0. The molecule has 47 heavy (non-hydrogen) atoms. The van der Waals surface area contributed by atoms with Gasteiger partial charge in [0.05, 0.1) is 17.3 Å². The third kappa shape index (κ3) is 8.13. The van der Waals surface area contributed by atoms with Crippen LogP contribution >= 0.6 is 23.2 Å². The summed E-state index contributed by atoms with van der Waals surface area (Å²) in [6, 6.07) is 19.5. The second-order valence-electron chi connectivity index (χ2n) is 11.8. The number of para-hydroxylation sites is 1. The highest BCUT2D eigenvalue weighted by molar-refractivity contribution is 6.38. The van der Waals surface area contributed by atoms with E-state index in [0.29, 0.717) is 52.4 Å². The van der Waals surface area contributed by atoms with Gasteiger partial charge in [-0.3, -0.25) is 9.59 Å². The number of likely N-dealkylation sites (N-methyl/N-ethyl adjacent to an activating group) is 1. The summed E-state index contributed by atoms with van der Waals surface area (Å²) in [5.74, 6) is 0.106. The third-order valence-corrected chi connectivity index (χ3v) is 9.12. The molecule has 0 bridgehead atoms. The van der Waals surface area contributed by atoms with Gasteiger partial charge in [-0.05, 0) is 76.3 Å². The fourth-order valence-electron chi connectivity index (χ4n) is 5.54. The highest BCUT2D eigenvalue weighted by Crippen LogP contribution is 2.35. The Kier molecular flexibility index (Phi) is 10.9. The Hall–Kier alpha value is -4.38. The summed E-state index contributed by atoms with van der Waals surface area (Å²) >= 11 is 13.2. The molecule has 1 saturated heterocycles. The average Bonchev–Trinajstić information content (AvgIpc) is 3.06. The number of nitrogens with one attached hydrogen (secondary N) is 2. The zero-order valence-electron chi connectivity index (χ0n) is 26.8. The fraction of sp³-hybridized carbons (Fsp3) is 0.314. The number of nitrogens with zero attached hydrogens (tertiary/aromatic N) is 4. The number of benzene rings is 3. The number of carbonyl (C=O) groups excluding carboxylic acids is 3. The Bertz CT molecular complexity index is 1790. The fourth-order valence-corrected chi connectivity index (χ4v) is 6.15. The molecule has 0 saturated carbocycles. The van der Waals surface area contributed by atoms with E-state index in [9.17, 15) is 14.4 Å². The number of carbonyl (C=O) groups is 3. The maximum atomic E-state index is 13.1. The molecule has 5 rings (SSSR count). The summed E-state index contributed by atoms with van der Waals surface area (Å²) in [7, 11) is 5.68. The number of ether oxygens (including phenoxy) is 1. The second kappa shape index (κ2) is 15.0. The highest BCUT2D eigenvalue weighted by Gasteiger charge is 2.25. The van der Waals surface area contributed by atoms with E-state index < -0.39 is 11.9 Å². The first-order chi connectivity index (χ1) is 22.5. The van der Waals surface area contributed by atoms with Gasteiger partial charge in [-0.1, -0.05) is 47.5 Å². The van der Waals surface area contributed by atoms with Crippen LogP contribution in [0.15, 0.2) is 66.7 Å². The number of aromatic nitrogens is 1. The summed E-state index contributed by atoms with van der Waals surface area (Å²) in [6.45, 7) is 3.04. The predicted octanol–water partition coefficient (Wildman–Crippen LogP) is 6.38. The maximum absolute atomic E-state index is 13.1.